The minimum Gasteiger partial charge on any atom is -0.0625 e. The van der Waals surface area contributed by atoms with Crippen LogP contribution in [0.3, 0.4) is 0 Å². The second-order valence-electron chi connectivity index (χ2n) is 6.24. The maximum absolute atomic E-state index is 2.43. The molecule has 0 amide bonds. The van der Waals surface area contributed by atoms with Crippen molar-refractivity contribution in [2.75, 3.05) is 0 Å². The Hall–Kier alpha value is -0.780. The summed E-state index contributed by atoms with van der Waals surface area (Å²) >= 11 is 0. The fraction of sp³-hybridized carbons (Fsp3) is 0.667. The van der Waals surface area contributed by atoms with Crippen LogP contribution in [0.4, 0.5) is 0 Å². The van der Waals surface area contributed by atoms with Crippen LogP contribution in [-0.4, -0.2) is 0 Å². The monoisotopic (exact) mass is 244 g/mol. The van der Waals surface area contributed by atoms with Crippen LogP contribution in [0, 0.1) is 19.8 Å². The van der Waals surface area contributed by atoms with Gasteiger partial charge in [0.15, 0.2) is 0 Å². The van der Waals surface area contributed by atoms with Gasteiger partial charge in [0.05, 0.1) is 0 Å². The Labute approximate surface area is 113 Å². The van der Waals surface area contributed by atoms with Crippen LogP contribution in [0.5, 0.6) is 0 Å². The van der Waals surface area contributed by atoms with E-state index in [0.29, 0.717) is 0 Å². The number of hydrogen-bond donors (Lipinski definition) is 0. The van der Waals surface area contributed by atoms with Crippen LogP contribution < -0.4 is 0 Å². The molecule has 2 rings (SSSR count). The third kappa shape index (κ3) is 2.79. The van der Waals surface area contributed by atoms with Gasteiger partial charge in [-0.2, -0.15) is 0 Å². The highest BCUT2D eigenvalue weighted by atomic mass is 14.3. The fourth-order valence-corrected chi connectivity index (χ4v) is 3.61. The summed E-state index contributed by atoms with van der Waals surface area (Å²) in [6.07, 6.45) is 8.24. The second kappa shape index (κ2) is 5.91. The van der Waals surface area contributed by atoms with E-state index in [2.05, 4.69) is 39.8 Å². The van der Waals surface area contributed by atoms with E-state index in [1.807, 2.05) is 0 Å². The molecule has 0 spiro atoms. The molecule has 0 aromatic heterocycles. The average Bonchev–Trinajstić information content (AvgIpc) is 2.57. The SMILES string of the molecule is CCc1ccc(C2CCCCC(C)C2)c(C)c1C. The van der Waals surface area contributed by atoms with E-state index in [0.717, 1.165) is 18.3 Å². The average molecular weight is 244 g/mol. The quantitative estimate of drug-likeness (QED) is 0.598. The van der Waals surface area contributed by atoms with Crippen molar-refractivity contribution in [1.82, 2.24) is 0 Å². The van der Waals surface area contributed by atoms with E-state index in [4.69, 9.17) is 0 Å². The zero-order chi connectivity index (χ0) is 13.1. The first-order valence-electron chi connectivity index (χ1n) is 7.72. The molecule has 1 saturated carbocycles. The zero-order valence-corrected chi connectivity index (χ0v) is 12.6. The van der Waals surface area contributed by atoms with E-state index >= 15 is 0 Å². The highest BCUT2D eigenvalue weighted by Gasteiger charge is 2.21. The lowest BCUT2D eigenvalue weighted by Gasteiger charge is -2.22. The predicted molar refractivity (Wildman–Crippen MR) is 80.3 cm³/mol. The van der Waals surface area contributed by atoms with Crippen LogP contribution in [0.2, 0.25) is 0 Å². The number of aryl methyl sites for hydroxylation is 1. The van der Waals surface area contributed by atoms with Crippen molar-refractivity contribution in [3.63, 3.8) is 0 Å². The molecule has 0 bridgehead atoms. The summed E-state index contributed by atoms with van der Waals surface area (Å²) in [5.74, 6) is 1.72. The van der Waals surface area contributed by atoms with Gasteiger partial charge in [0.25, 0.3) is 0 Å². The van der Waals surface area contributed by atoms with Crippen molar-refractivity contribution in [3.05, 3.63) is 34.4 Å². The van der Waals surface area contributed by atoms with Gasteiger partial charge in [-0.15, -0.1) is 0 Å². The summed E-state index contributed by atoms with van der Waals surface area (Å²) in [6.45, 7) is 9.33. The normalized spacial score (nSPS) is 24.9. The first-order valence-corrected chi connectivity index (χ1v) is 7.72. The topological polar surface area (TPSA) is 0 Å². The Bertz CT molecular complexity index is 403. The minimum atomic E-state index is 0.812. The number of hydrogen-bond acceptors (Lipinski definition) is 0. The third-order valence-electron chi connectivity index (χ3n) is 4.95. The first-order chi connectivity index (χ1) is 8.63. The molecule has 1 aromatic carbocycles. The van der Waals surface area contributed by atoms with Crippen molar-refractivity contribution >= 4 is 0 Å². The molecule has 1 fully saturated rings. The molecule has 100 valence electrons. The standard InChI is InChI=1S/C18H28/c1-5-16-10-11-18(15(4)14(16)3)17-9-7-6-8-13(2)12-17/h10-11,13,17H,5-9,12H2,1-4H3. The highest BCUT2D eigenvalue weighted by molar-refractivity contribution is 5.41. The van der Waals surface area contributed by atoms with Crippen molar-refractivity contribution in [2.24, 2.45) is 5.92 Å². The Kier molecular flexibility index (Phi) is 4.48. The lowest BCUT2D eigenvalue weighted by molar-refractivity contribution is 0.470. The molecule has 0 aliphatic heterocycles. The fourth-order valence-electron chi connectivity index (χ4n) is 3.61. The molecule has 2 atom stereocenters. The van der Waals surface area contributed by atoms with Crippen molar-refractivity contribution in [3.8, 4) is 0 Å². The molecule has 0 saturated heterocycles. The summed E-state index contributed by atoms with van der Waals surface area (Å²) in [5.41, 5.74) is 6.26. The van der Waals surface area contributed by atoms with E-state index in [-0.39, 0.29) is 0 Å². The summed E-state index contributed by atoms with van der Waals surface area (Å²) in [5, 5.41) is 0. The molecule has 0 heteroatoms. The van der Waals surface area contributed by atoms with Crippen molar-refractivity contribution in [1.29, 1.82) is 0 Å². The van der Waals surface area contributed by atoms with E-state index in [9.17, 15) is 0 Å². The van der Waals surface area contributed by atoms with Gasteiger partial charge in [-0.3, -0.25) is 0 Å². The lowest BCUT2D eigenvalue weighted by Crippen LogP contribution is -2.06. The molecular formula is C18H28. The van der Waals surface area contributed by atoms with Crippen LogP contribution in [0.25, 0.3) is 0 Å². The van der Waals surface area contributed by atoms with E-state index in [1.165, 1.54) is 43.2 Å². The molecule has 1 aliphatic rings. The Balaban J connectivity index is 2.29. The first kappa shape index (κ1) is 13.6. The van der Waals surface area contributed by atoms with Gasteiger partial charge in [0.2, 0.25) is 0 Å². The maximum Gasteiger partial charge on any atom is -0.0157 e. The largest absolute Gasteiger partial charge is 0.0625 e. The van der Waals surface area contributed by atoms with Crippen LogP contribution in [0.15, 0.2) is 12.1 Å². The molecule has 18 heavy (non-hydrogen) atoms. The van der Waals surface area contributed by atoms with Gasteiger partial charge in [-0.1, -0.05) is 45.2 Å². The van der Waals surface area contributed by atoms with Gasteiger partial charge in [-0.05, 0) is 67.2 Å². The van der Waals surface area contributed by atoms with Crippen LogP contribution in [0.1, 0.15) is 74.1 Å². The van der Waals surface area contributed by atoms with Crippen LogP contribution >= 0.6 is 0 Å². The number of benzene rings is 1. The van der Waals surface area contributed by atoms with Gasteiger partial charge >= 0.3 is 0 Å². The molecule has 2 unspecified atom stereocenters. The summed E-state index contributed by atoms with van der Waals surface area (Å²) in [6, 6.07) is 4.79. The molecular weight excluding hydrogens is 216 g/mol. The molecule has 0 radical (unpaired) electrons. The van der Waals surface area contributed by atoms with Crippen molar-refractivity contribution < 1.29 is 0 Å². The number of rotatable bonds is 2. The second-order valence-corrected chi connectivity index (χ2v) is 6.24. The van der Waals surface area contributed by atoms with Gasteiger partial charge in [0, 0.05) is 0 Å². The Morgan fingerprint density at radius 3 is 2.50 bits per heavy atom. The molecule has 0 N–H and O–H groups in total. The molecule has 0 heterocycles. The van der Waals surface area contributed by atoms with E-state index < -0.39 is 0 Å². The highest BCUT2D eigenvalue weighted by Crippen LogP contribution is 2.37. The smallest absolute Gasteiger partial charge is 0.0157 e. The Morgan fingerprint density at radius 2 is 1.78 bits per heavy atom. The molecule has 1 aliphatic carbocycles. The van der Waals surface area contributed by atoms with Crippen LogP contribution in [-0.2, 0) is 6.42 Å². The predicted octanol–water partition coefficient (Wildman–Crippen LogP) is 5.55. The molecule has 0 nitrogen and oxygen atoms in total. The van der Waals surface area contributed by atoms with Crippen molar-refractivity contribution in [2.45, 2.75) is 72.1 Å². The van der Waals surface area contributed by atoms with Gasteiger partial charge in [-0.25, -0.2) is 0 Å². The Morgan fingerprint density at radius 1 is 1.06 bits per heavy atom. The maximum atomic E-state index is 2.43. The van der Waals surface area contributed by atoms with Gasteiger partial charge in [0.1, 0.15) is 0 Å². The third-order valence-corrected chi connectivity index (χ3v) is 4.95. The molecule has 1 aromatic rings. The summed E-state index contributed by atoms with van der Waals surface area (Å²) < 4.78 is 0. The zero-order valence-electron chi connectivity index (χ0n) is 12.6. The lowest BCUT2D eigenvalue weighted by atomic mass is 9.83. The van der Waals surface area contributed by atoms with E-state index in [1.54, 1.807) is 11.1 Å². The summed E-state index contributed by atoms with van der Waals surface area (Å²) in [7, 11) is 0. The van der Waals surface area contributed by atoms with Gasteiger partial charge < -0.3 is 0 Å². The minimum absolute atomic E-state index is 0.812. The summed E-state index contributed by atoms with van der Waals surface area (Å²) in [4.78, 5) is 0.